The number of ether oxygens (including phenoxy) is 2. The molecule has 0 saturated heterocycles. The number of unbranched alkanes of at least 4 members (excludes halogenated alkanes) is 1. The molecule has 152 valence electrons. The van der Waals surface area contributed by atoms with E-state index in [-0.39, 0.29) is 6.54 Å². The van der Waals surface area contributed by atoms with Crippen molar-refractivity contribution in [3.8, 4) is 11.5 Å². The molecule has 0 radical (unpaired) electrons. The van der Waals surface area contributed by atoms with Gasteiger partial charge in [-0.05, 0) is 41.8 Å². The lowest BCUT2D eigenvalue weighted by Gasteiger charge is -2.13. The first-order chi connectivity index (χ1) is 13.3. The molecule has 0 amide bonds. The Morgan fingerprint density at radius 1 is 1.18 bits per heavy atom. The molecule has 0 heterocycles. The van der Waals surface area contributed by atoms with Crippen LogP contribution in [0.5, 0.6) is 11.5 Å². The number of hydrogen-bond donors (Lipinski definition) is 1. The molecule has 9 heteroatoms. The van der Waals surface area contributed by atoms with Crippen LogP contribution in [0.3, 0.4) is 0 Å². The molecule has 2 rings (SSSR count). The summed E-state index contributed by atoms with van der Waals surface area (Å²) in [6.07, 6.45) is 1.87. The summed E-state index contributed by atoms with van der Waals surface area (Å²) >= 11 is 0. The zero-order valence-corrected chi connectivity index (χ0v) is 16.3. The summed E-state index contributed by atoms with van der Waals surface area (Å²) in [4.78, 5) is 10.1. The van der Waals surface area contributed by atoms with E-state index in [9.17, 15) is 22.7 Å². The summed E-state index contributed by atoms with van der Waals surface area (Å²) in [5, 5.41) is 10.9. The molecule has 0 aliphatic heterocycles. The minimum absolute atomic E-state index is 0.150. The van der Waals surface area contributed by atoms with E-state index in [1.807, 2.05) is 6.92 Å². The first-order valence-electron chi connectivity index (χ1n) is 8.58. The summed E-state index contributed by atoms with van der Waals surface area (Å²) in [5.41, 5.74) is 0.122. The maximum absolute atomic E-state index is 13.9. The van der Waals surface area contributed by atoms with Crippen LogP contribution in [-0.4, -0.2) is 28.1 Å². The van der Waals surface area contributed by atoms with Gasteiger partial charge in [0.15, 0.2) is 11.5 Å². The molecule has 0 bridgehead atoms. The van der Waals surface area contributed by atoms with Gasteiger partial charge < -0.3 is 19.4 Å². The van der Waals surface area contributed by atoms with E-state index in [2.05, 4.69) is 4.72 Å². The monoisotopic (exact) mass is 410 g/mol. The van der Waals surface area contributed by atoms with Crippen molar-refractivity contribution >= 4 is 16.0 Å². The lowest BCUT2D eigenvalue weighted by Crippen LogP contribution is -2.26. The second-order valence-corrected chi connectivity index (χ2v) is 7.68. The van der Waals surface area contributed by atoms with E-state index in [1.165, 1.54) is 7.11 Å². The molecule has 2 aromatic rings. The Morgan fingerprint density at radius 2 is 1.93 bits per heavy atom. The van der Waals surface area contributed by atoms with Crippen LogP contribution in [0.4, 0.5) is 4.39 Å². The third-order valence-electron chi connectivity index (χ3n) is 3.91. The number of sulfonamides is 1. The molecule has 0 unspecified atom stereocenters. The largest absolute Gasteiger partial charge is 0.545 e. The van der Waals surface area contributed by atoms with Gasteiger partial charge >= 0.3 is 0 Å². The molecule has 28 heavy (non-hydrogen) atoms. The van der Waals surface area contributed by atoms with Gasteiger partial charge in [0.2, 0.25) is 10.0 Å². The van der Waals surface area contributed by atoms with Crippen molar-refractivity contribution in [1.29, 1.82) is 0 Å². The number of benzene rings is 2. The van der Waals surface area contributed by atoms with Crippen LogP contribution < -0.4 is 19.3 Å². The second kappa shape index (κ2) is 9.52. The number of carboxylic acids is 1. The summed E-state index contributed by atoms with van der Waals surface area (Å²) in [6, 6.07) is 7.35. The first kappa shape index (κ1) is 21.6. The number of hydrogen-bond acceptors (Lipinski definition) is 6. The van der Waals surface area contributed by atoms with Crippen molar-refractivity contribution in [3.63, 3.8) is 0 Å². The van der Waals surface area contributed by atoms with Gasteiger partial charge in [-0.2, -0.15) is 0 Å². The van der Waals surface area contributed by atoms with Gasteiger partial charge in [-0.25, -0.2) is 17.5 Å². The molecule has 2 aromatic carbocycles. The smallest absolute Gasteiger partial charge is 0.243 e. The second-order valence-electron chi connectivity index (χ2n) is 5.94. The van der Waals surface area contributed by atoms with Crippen LogP contribution >= 0.6 is 0 Å². The van der Waals surface area contributed by atoms with E-state index in [4.69, 9.17) is 9.47 Å². The van der Waals surface area contributed by atoms with Gasteiger partial charge in [-0.3, -0.25) is 0 Å². The third kappa shape index (κ3) is 5.43. The van der Waals surface area contributed by atoms with Crippen molar-refractivity contribution in [2.24, 2.45) is 0 Å². The van der Waals surface area contributed by atoms with E-state index in [0.29, 0.717) is 23.7 Å². The van der Waals surface area contributed by atoms with Crippen LogP contribution in [0.1, 0.15) is 35.7 Å². The van der Waals surface area contributed by atoms with Crippen molar-refractivity contribution in [3.05, 3.63) is 53.3 Å². The lowest BCUT2D eigenvalue weighted by atomic mass is 10.2. The Balaban J connectivity index is 2.16. The maximum atomic E-state index is 13.9. The van der Waals surface area contributed by atoms with Crippen LogP contribution in [0.2, 0.25) is 0 Å². The number of nitrogens with one attached hydrogen (secondary N) is 1. The zero-order chi connectivity index (χ0) is 20.7. The predicted molar refractivity (Wildman–Crippen MR) is 98.2 cm³/mol. The van der Waals surface area contributed by atoms with Crippen LogP contribution in [0, 0.1) is 5.82 Å². The van der Waals surface area contributed by atoms with E-state index < -0.39 is 32.3 Å². The van der Waals surface area contributed by atoms with Crippen LogP contribution in [0.15, 0.2) is 41.3 Å². The lowest BCUT2D eigenvalue weighted by molar-refractivity contribution is -0.255. The van der Waals surface area contributed by atoms with Crippen molar-refractivity contribution < 1.29 is 32.2 Å². The van der Waals surface area contributed by atoms with Crippen molar-refractivity contribution in [2.75, 3.05) is 13.7 Å². The fourth-order valence-corrected chi connectivity index (χ4v) is 3.48. The highest BCUT2D eigenvalue weighted by Gasteiger charge is 2.20. The molecular formula is C19H21FNO6S-. The molecule has 0 saturated carbocycles. The Hall–Kier alpha value is -2.65. The van der Waals surface area contributed by atoms with Crippen LogP contribution in [-0.2, 0) is 16.6 Å². The molecule has 0 aromatic heterocycles. The number of carbonyl (C=O) groups is 1. The third-order valence-corrected chi connectivity index (χ3v) is 5.32. The summed E-state index contributed by atoms with van der Waals surface area (Å²) in [6.45, 7) is 2.43. The van der Waals surface area contributed by atoms with Gasteiger partial charge in [0.05, 0.1) is 19.7 Å². The molecule has 7 nitrogen and oxygen atoms in total. The average Bonchev–Trinajstić information content (AvgIpc) is 2.67. The average molecular weight is 410 g/mol. The Morgan fingerprint density at radius 3 is 2.57 bits per heavy atom. The number of aromatic carboxylic acids is 1. The van der Waals surface area contributed by atoms with Gasteiger partial charge in [0.1, 0.15) is 10.7 Å². The minimum atomic E-state index is -4.28. The maximum Gasteiger partial charge on any atom is 0.243 e. The van der Waals surface area contributed by atoms with E-state index in [0.717, 1.165) is 31.0 Å². The molecule has 1 N–H and O–H groups in total. The number of halogens is 1. The fourth-order valence-electron chi connectivity index (χ4n) is 2.36. The quantitative estimate of drug-likeness (QED) is 0.600. The Labute approximate surface area is 163 Å². The first-order valence-corrected chi connectivity index (χ1v) is 10.1. The number of methoxy groups -OCH3 is 1. The zero-order valence-electron chi connectivity index (χ0n) is 15.5. The van der Waals surface area contributed by atoms with Gasteiger partial charge in [0, 0.05) is 6.54 Å². The normalized spacial score (nSPS) is 11.2. The van der Waals surface area contributed by atoms with Gasteiger partial charge in [-0.15, -0.1) is 0 Å². The van der Waals surface area contributed by atoms with Crippen molar-refractivity contribution in [1.82, 2.24) is 4.72 Å². The molecular weight excluding hydrogens is 389 g/mol. The molecule has 0 aliphatic rings. The minimum Gasteiger partial charge on any atom is -0.545 e. The fraction of sp³-hybridized carbons (Fsp3) is 0.316. The molecule has 0 spiro atoms. The highest BCUT2D eigenvalue weighted by atomic mass is 32.2. The van der Waals surface area contributed by atoms with Gasteiger partial charge in [-0.1, -0.05) is 25.5 Å². The van der Waals surface area contributed by atoms with Crippen LogP contribution in [0.25, 0.3) is 0 Å². The highest BCUT2D eigenvalue weighted by molar-refractivity contribution is 7.89. The highest BCUT2D eigenvalue weighted by Crippen LogP contribution is 2.28. The molecule has 0 atom stereocenters. The number of carboxylic acid groups (broad SMARTS) is 1. The predicted octanol–water partition coefficient (Wildman–Crippen LogP) is 1.86. The number of carbonyl (C=O) groups excluding carboxylic acids is 1. The summed E-state index contributed by atoms with van der Waals surface area (Å²) < 4.78 is 51.8. The standard InChI is InChI=1S/C19H22FNO6S/c1-3-4-9-27-16-8-5-13(10-17(16)26-2)12-21-28(24,25)18-11-14(19(22)23)6-7-15(18)20/h5-8,10-11,21H,3-4,9,12H2,1-2H3,(H,22,23)/p-1. The van der Waals surface area contributed by atoms with E-state index in [1.54, 1.807) is 18.2 Å². The topological polar surface area (TPSA) is 105 Å². The van der Waals surface area contributed by atoms with Gasteiger partial charge in [0.25, 0.3) is 0 Å². The molecule has 0 fully saturated rings. The SMILES string of the molecule is CCCCOc1ccc(CNS(=O)(=O)c2cc(C(=O)[O-])ccc2F)cc1OC. The Bertz CT molecular complexity index is 945. The summed E-state index contributed by atoms with van der Waals surface area (Å²) in [5.74, 6) is -1.68. The van der Waals surface area contributed by atoms with Crippen molar-refractivity contribution in [2.45, 2.75) is 31.2 Å². The summed E-state index contributed by atoms with van der Waals surface area (Å²) in [7, 11) is -2.81. The number of rotatable bonds is 10. The Kier molecular flexibility index (Phi) is 7.36. The molecule has 0 aliphatic carbocycles. The van der Waals surface area contributed by atoms with E-state index >= 15 is 0 Å².